The van der Waals surface area contributed by atoms with E-state index in [1.807, 2.05) is 0 Å². The smallest absolute Gasteiger partial charge is 0.187 e. The number of aliphatic hydroxyl groups excluding tert-OH is 8. The monoisotopic (exact) mass is 854 g/mol. The number of rotatable bonds is 7. The van der Waals surface area contributed by atoms with Crippen molar-refractivity contribution in [1.82, 2.24) is 0 Å². The molecule has 0 bridgehead atoms. The molecule has 16 nitrogen and oxygen atoms in total. The largest absolute Gasteiger partial charge is 0.394 e. The lowest BCUT2D eigenvalue weighted by atomic mass is 9.47. The predicted octanol–water partition coefficient (Wildman–Crippen LogP) is 0.853. The van der Waals surface area contributed by atoms with E-state index < -0.39 is 98.4 Å². The van der Waals surface area contributed by atoms with Gasteiger partial charge >= 0.3 is 0 Å². The van der Waals surface area contributed by atoms with Crippen molar-refractivity contribution in [3.05, 3.63) is 11.6 Å². The van der Waals surface area contributed by atoms with Crippen LogP contribution in [0, 0.1) is 46.3 Å². The first-order valence-corrected chi connectivity index (χ1v) is 22.8. The first-order chi connectivity index (χ1) is 28.5. The number of ether oxygens (including phenoxy) is 8. The molecule has 5 heterocycles. The number of fused-ring (bicyclic) bond motifs is 7. The minimum absolute atomic E-state index is 0.0142. The summed E-state index contributed by atoms with van der Waals surface area (Å²) in [7, 11) is 0. The highest BCUT2D eigenvalue weighted by molar-refractivity contribution is 5.26. The number of hydrogen-bond donors (Lipinski definition) is 8. The Morgan fingerprint density at radius 2 is 1.48 bits per heavy atom. The van der Waals surface area contributed by atoms with E-state index in [9.17, 15) is 40.9 Å². The van der Waals surface area contributed by atoms with Crippen molar-refractivity contribution in [2.45, 2.75) is 196 Å². The predicted molar refractivity (Wildman–Crippen MR) is 208 cm³/mol. The molecular formula is C44H70O16. The second kappa shape index (κ2) is 16.5. The lowest BCUT2D eigenvalue weighted by molar-refractivity contribution is -0.385. The summed E-state index contributed by atoms with van der Waals surface area (Å²) in [6, 6.07) is 0. The van der Waals surface area contributed by atoms with Crippen LogP contribution in [0.1, 0.15) is 92.4 Å². The minimum Gasteiger partial charge on any atom is -0.394 e. The van der Waals surface area contributed by atoms with E-state index in [0.717, 1.165) is 45.1 Å². The van der Waals surface area contributed by atoms with Crippen LogP contribution < -0.4 is 0 Å². The summed E-state index contributed by atoms with van der Waals surface area (Å²) in [5.41, 5.74) is 1.54. The molecule has 342 valence electrons. The van der Waals surface area contributed by atoms with Crippen LogP contribution in [0.25, 0.3) is 0 Å². The van der Waals surface area contributed by atoms with Crippen LogP contribution in [0.15, 0.2) is 11.6 Å². The van der Waals surface area contributed by atoms with Gasteiger partial charge in [-0.3, -0.25) is 0 Å². The molecule has 0 aromatic carbocycles. The van der Waals surface area contributed by atoms with Gasteiger partial charge in [-0.1, -0.05) is 39.3 Å². The molecule has 4 aliphatic carbocycles. The van der Waals surface area contributed by atoms with E-state index >= 15 is 0 Å². The Morgan fingerprint density at radius 1 is 0.733 bits per heavy atom. The van der Waals surface area contributed by atoms with E-state index in [0.29, 0.717) is 48.3 Å². The van der Waals surface area contributed by atoms with Gasteiger partial charge in [0.25, 0.3) is 0 Å². The summed E-state index contributed by atoms with van der Waals surface area (Å²) < 4.78 is 49.8. The molecule has 25 atom stereocenters. The van der Waals surface area contributed by atoms with Gasteiger partial charge in [0, 0.05) is 12.3 Å². The first kappa shape index (κ1) is 44.3. The minimum atomic E-state index is -1.70. The zero-order chi connectivity index (χ0) is 42.6. The van der Waals surface area contributed by atoms with E-state index in [4.69, 9.17) is 37.9 Å². The molecule has 1 spiro atoms. The average Bonchev–Trinajstić information content (AvgIpc) is 3.68. The van der Waals surface area contributed by atoms with E-state index in [1.165, 1.54) is 18.9 Å². The molecule has 0 radical (unpaired) electrons. The standard InChI is InChI=1S/C44H70O16/c1-19-8-13-44(54-17-19)20(2)30-28(60-44)15-26-24-7-6-22-14-23(9-11-42(22,4)25(24)10-12-43(26,30)5)56-41-38(59-40-35(51)33(49)31(47)21(3)55-40)36(52)37(29(16-45)57-41)58-39-34(50)32(48)27(46)18-53-39/h6,19-21,23-41,45-52H,7-18H2,1-5H3/t19-,20+,21+,23+,24-,25+,26+,27-,28+,29-,30+,31+,32+,33-,34-,35-,36+,37-,38-,39+,40+,41-,42+,43+,44-/m0/s1. The highest BCUT2D eigenvalue weighted by Crippen LogP contribution is 2.70. The second-order valence-corrected chi connectivity index (χ2v) is 20.6. The topological polar surface area (TPSA) is 236 Å². The highest BCUT2D eigenvalue weighted by Gasteiger charge is 2.69. The summed E-state index contributed by atoms with van der Waals surface area (Å²) in [5.74, 6) is 2.65. The van der Waals surface area contributed by atoms with Crippen LogP contribution in [-0.2, 0) is 37.9 Å². The Morgan fingerprint density at radius 3 is 2.22 bits per heavy atom. The molecule has 60 heavy (non-hydrogen) atoms. The van der Waals surface area contributed by atoms with Gasteiger partial charge in [-0.2, -0.15) is 0 Å². The van der Waals surface area contributed by atoms with Gasteiger partial charge in [-0.15, -0.1) is 0 Å². The lowest BCUT2D eigenvalue weighted by Crippen LogP contribution is -2.66. The summed E-state index contributed by atoms with van der Waals surface area (Å²) in [6.07, 6.45) is -9.25. The van der Waals surface area contributed by atoms with Gasteiger partial charge in [0.05, 0.1) is 38.1 Å². The van der Waals surface area contributed by atoms with Crippen LogP contribution in [0.4, 0.5) is 0 Å². The molecule has 9 rings (SSSR count). The maximum absolute atomic E-state index is 11.9. The summed E-state index contributed by atoms with van der Waals surface area (Å²) in [6.45, 7) is 10.9. The Bertz CT molecular complexity index is 1560. The van der Waals surface area contributed by atoms with Crippen LogP contribution >= 0.6 is 0 Å². The van der Waals surface area contributed by atoms with Gasteiger partial charge in [0.2, 0.25) is 0 Å². The van der Waals surface area contributed by atoms with Crippen molar-refractivity contribution in [3.63, 3.8) is 0 Å². The van der Waals surface area contributed by atoms with Crippen molar-refractivity contribution in [2.75, 3.05) is 19.8 Å². The third-order valence-electron chi connectivity index (χ3n) is 17.3. The maximum Gasteiger partial charge on any atom is 0.187 e. The lowest BCUT2D eigenvalue weighted by Gasteiger charge is -2.58. The molecule has 5 saturated heterocycles. The molecule has 9 aliphatic rings. The van der Waals surface area contributed by atoms with E-state index in [2.05, 4.69) is 33.8 Å². The molecule has 0 unspecified atom stereocenters. The van der Waals surface area contributed by atoms with Gasteiger partial charge in [0.15, 0.2) is 24.7 Å². The van der Waals surface area contributed by atoms with Gasteiger partial charge in [-0.25, -0.2) is 0 Å². The fourth-order valence-electron chi connectivity index (χ4n) is 13.7. The number of aliphatic hydroxyl groups is 8. The molecule has 3 saturated carbocycles. The number of hydrogen-bond acceptors (Lipinski definition) is 16. The van der Waals surface area contributed by atoms with Crippen LogP contribution in [-0.4, -0.2) is 165 Å². The SMILES string of the molecule is C[C@H]1CC[C@]2(OC1)O[C@@H]1C[C@@H]3[C@H]4CC=C5C[C@H](O[C@H]6O[C@@H](CO)[C@H](O[C@H]7OC[C@H](O)[C@@H](O)[C@@H]7O)[C@@H](O)[C@@H]6O[C@H]6O[C@H](C)[C@@H](O)[C@H](O)[C@@H]6O)CC[C@@]5(C)[C@@H]4CC[C@@]3(C)[C@@H]1[C@H]2C. The fraction of sp³-hybridized carbons (Fsp3) is 0.955. The molecule has 0 aromatic rings. The highest BCUT2D eigenvalue weighted by atomic mass is 16.8. The van der Waals surface area contributed by atoms with Crippen molar-refractivity contribution in [1.29, 1.82) is 0 Å². The van der Waals surface area contributed by atoms with Gasteiger partial charge in [-0.05, 0) is 98.7 Å². The fourth-order valence-corrected chi connectivity index (χ4v) is 13.7. The van der Waals surface area contributed by atoms with E-state index in [-0.39, 0.29) is 29.6 Å². The van der Waals surface area contributed by atoms with Gasteiger partial charge in [0.1, 0.15) is 61.0 Å². The van der Waals surface area contributed by atoms with Crippen LogP contribution in [0.5, 0.6) is 0 Å². The average molecular weight is 855 g/mol. The molecule has 0 amide bonds. The third-order valence-corrected chi connectivity index (χ3v) is 17.3. The van der Waals surface area contributed by atoms with Crippen molar-refractivity contribution >= 4 is 0 Å². The van der Waals surface area contributed by atoms with Crippen LogP contribution in [0.2, 0.25) is 0 Å². The second-order valence-electron chi connectivity index (χ2n) is 20.6. The van der Waals surface area contributed by atoms with Crippen molar-refractivity contribution < 1.29 is 78.7 Å². The first-order valence-electron chi connectivity index (χ1n) is 22.8. The van der Waals surface area contributed by atoms with E-state index in [1.54, 1.807) is 0 Å². The maximum atomic E-state index is 11.9. The quantitative estimate of drug-likeness (QED) is 0.166. The zero-order valence-electron chi connectivity index (χ0n) is 35.6. The molecule has 5 aliphatic heterocycles. The van der Waals surface area contributed by atoms with Crippen molar-refractivity contribution in [3.8, 4) is 0 Å². The summed E-state index contributed by atoms with van der Waals surface area (Å²) in [5, 5.41) is 85.1. The Kier molecular flexibility index (Phi) is 12.2. The molecule has 8 fully saturated rings. The Hall–Kier alpha value is -0.900. The summed E-state index contributed by atoms with van der Waals surface area (Å²) in [4.78, 5) is 0. The molecule has 0 aromatic heterocycles. The Balaban J connectivity index is 0.913. The number of allylic oxidation sites excluding steroid dienone is 1. The molecular weight excluding hydrogens is 784 g/mol. The van der Waals surface area contributed by atoms with Crippen molar-refractivity contribution in [2.24, 2.45) is 46.3 Å². The van der Waals surface area contributed by atoms with Gasteiger partial charge < -0.3 is 78.7 Å². The Labute approximate surface area is 352 Å². The molecule has 16 heteroatoms. The zero-order valence-corrected chi connectivity index (χ0v) is 35.6. The normalized spacial score (nSPS) is 57.9. The van der Waals surface area contributed by atoms with Crippen LogP contribution in [0.3, 0.4) is 0 Å². The third kappa shape index (κ3) is 7.19. The summed E-state index contributed by atoms with van der Waals surface area (Å²) >= 11 is 0. The molecule has 8 N–H and O–H groups in total.